The van der Waals surface area contributed by atoms with Gasteiger partial charge in [-0.05, 0) is 61.5 Å². The molecule has 2 aromatic rings. The molecule has 2 amide bonds. The summed E-state index contributed by atoms with van der Waals surface area (Å²) in [6.45, 7) is 4.70. The van der Waals surface area contributed by atoms with E-state index in [0.29, 0.717) is 41.1 Å². The second kappa shape index (κ2) is 8.84. The highest BCUT2D eigenvalue weighted by molar-refractivity contribution is 8.19. The number of rotatable bonds is 7. The number of carbonyl (C=O) groups is 2. The van der Waals surface area contributed by atoms with Gasteiger partial charge in [-0.25, -0.2) is 4.90 Å². The molecule has 3 rings (SSSR count). The Hall–Kier alpha value is -2.93. The molecule has 0 aromatic heterocycles. The van der Waals surface area contributed by atoms with E-state index in [0.717, 1.165) is 22.2 Å². The molecule has 0 spiro atoms. The zero-order chi connectivity index (χ0) is 20.1. The number of thioether (sulfide) groups is 1. The van der Waals surface area contributed by atoms with Crippen molar-refractivity contribution in [3.8, 4) is 17.2 Å². The zero-order valence-electron chi connectivity index (χ0n) is 15.9. The van der Waals surface area contributed by atoms with Crippen LogP contribution in [0.3, 0.4) is 0 Å². The van der Waals surface area contributed by atoms with Gasteiger partial charge < -0.3 is 14.2 Å². The lowest BCUT2D eigenvalue weighted by Crippen LogP contribution is -2.28. The van der Waals surface area contributed by atoms with Crippen LogP contribution in [-0.2, 0) is 4.79 Å². The third-order valence-corrected chi connectivity index (χ3v) is 4.85. The van der Waals surface area contributed by atoms with E-state index < -0.39 is 0 Å². The van der Waals surface area contributed by atoms with Gasteiger partial charge in [-0.15, -0.1) is 0 Å². The third kappa shape index (κ3) is 3.99. The molecule has 1 saturated heterocycles. The van der Waals surface area contributed by atoms with Crippen LogP contribution in [-0.4, -0.2) is 31.5 Å². The molecule has 1 heterocycles. The molecule has 0 saturated carbocycles. The van der Waals surface area contributed by atoms with Crippen molar-refractivity contribution in [1.82, 2.24) is 0 Å². The molecule has 1 fully saturated rings. The Labute approximate surface area is 168 Å². The molecule has 7 heteroatoms. The molecule has 146 valence electrons. The summed E-state index contributed by atoms with van der Waals surface area (Å²) in [5.41, 5.74) is 1.18. The summed E-state index contributed by atoms with van der Waals surface area (Å²) in [4.78, 5) is 26.9. The maximum atomic E-state index is 12.9. The lowest BCUT2D eigenvalue weighted by molar-refractivity contribution is -0.113. The Morgan fingerprint density at radius 2 is 1.68 bits per heavy atom. The summed E-state index contributed by atoms with van der Waals surface area (Å²) in [6.07, 6.45) is 1.67. The molecule has 0 radical (unpaired) electrons. The van der Waals surface area contributed by atoms with Gasteiger partial charge in [0.1, 0.15) is 5.75 Å². The van der Waals surface area contributed by atoms with E-state index >= 15 is 0 Å². The van der Waals surface area contributed by atoms with Crippen LogP contribution < -0.4 is 19.1 Å². The van der Waals surface area contributed by atoms with Crippen LogP contribution in [0.4, 0.5) is 10.5 Å². The number of hydrogen-bond donors (Lipinski definition) is 0. The number of nitrogens with zero attached hydrogens (tertiary/aromatic N) is 1. The van der Waals surface area contributed by atoms with Crippen molar-refractivity contribution in [2.75, 3.05) is 25.2 Å². The van der Waals surface area contributed by atoms with E-state index in [1.807, 2.05) is 19.9 Å². The maximum absolute atomic E-state index is 12.9. The first kappa shape index (κ1) is 19.8. The van der Waals surface area contributed by atoms with Crippen LogP contribution in [0.25, 0.3) is 6.08 Å². The van der Waals surface area contributed by atoms with Crippen LogP contribution in [0.5, 0.6) is 17.2 Å². The number of carbonyl (C=O) groups excluding carboxylic acids is 2. The Morgan fingerprint density at radius 3 is 2.39 bits per heavy atom. The van der Waals surface area contributed by atoms with E-state index in [1.54, 1.807) is 49.6 Å². The first-order valence-corrected chi connectivity index (χ1v) is 9.71. The van der Waals surface area contributed by atoms with E-state index in [1.165, 1.54) is 0 Å². The van der Waals surface area contributed by atoms with Gasteiger partial charge in [-0.2, -0.15) is 0 Å². The molecule has 1 aliphatic rings. The Morgan fingerprint density at radius 1 is 0.964 bits per heavy atom. The average molecular weight is 399 g/mol. The van der Waals surface area contributed by atoms with Crippen molar-refractivity contribution < 1.29 is 23.8 Å². The first-order chi connectivity index (χ1) is 13.6. The van der Waals surface area contributed by atoms with Gasteiger partial charge >= 0.3 is 0 Å². The normalized spacial score (nSPS) is 15.2. The number of benzene rings is 2. The van der Waals surface area contributed by atoms with Crippen molar-refractivity contribution in [2.45, 2.75) is 13.8 Å². The molecule has 0 N–H and O–H groups in total. The molecule has 1 aliphatic heterocycles. The van der Waals surface area contributed by atoms with Gasteiger partial charge in [0, 0.05) is 0 Å². The standard InChI is InChI=1S/C21H21NO5S/c1-4-26-16-9-7-6-8-15(16)22-20(23)19(28-21(22)24)13-14-10-11-17(27-5-2)18(12-14)25-3/h6-13H,4-5H2,1-3H3/b19-13-. The topological polar surface area (TPSA) is 65.1 Å². The molecule has 0 atom stereocenters. The summed E-state index contributed by atoms with van der Waals surface area (Å²) < 4.78 is 16.4. The molecule has 0 aliphatic carbocycles. The number of para-hydroxylation sites is 2. The fraction of sp³-hybridized carbons (Fsp3) is 0.238. The second-order valence-electron chi connectivity index (χ2n) is 5.76. The van der Waals surface area contributed by atoms with Crippen LogP contribution in [0.2, 0.25) is 0 Å². The van der Waals surface area contributed by atoms with Gasteiger partial charge in [-0.3, -0.25) is 9.59 Å². The number of imide groups is 1. The van der Waals surface area contributed by atoms with Gasteiger partial charge in [0.05, 0.1) is 30.9 Å². The number of hydrogen-bond acceptors (Lipinski definition) is 6. The van der Waals surface area contributed by atoms with E-state index in [-0.39, 0.29) is 11.1 Å². The maximum Gasteiger partial charge on any atom is 0.298 e. The van der Waals surface area contributed by atoms with Gasteiger partial charge in [0.2, 0.25) is 0 Å². The van der Waals surface area contributed by atoms with Crippen molar-refractivity contribution in [1.29, 1.82) is 0 Å². The lowest BCUT2D eigenvalue weighted by Gasteiger charge is -2.16. The lowest BCUT2D eigenvalue weighted by atomic mass is 10.1. The highest BCUT2D eigenvalue weighted by atomic mass is 32.2. The molecule has 0 unspecified atom stereocenters. The minimum absolute atomic E-state index is 0.336. The van der Waals surface area contributed by atoms with Crippen LogP contribution in [0.1, 0.15) is 19.4 Å². The smallest absolute Gasteiger partial charge is 0.298 e. The summed E-state index contributed by atoms with van der Waals surface area (Å²) >= 11 is 0.897. The first-order valence-electron chi connectivity index (χ1n) is 8.89. The fourth-order valence-corrected chi connectivity index (χ4v) is 3.63. The van der Waals surface area contributed by atoms with Crippen LogP contribution >= 0.6 is 11.8 Å². The summed E-state index contributed by atoms with van der Waals surface area (Å²) in [6, 6.07) is 12.4. The molecule has 2 aromatic carbocycles. The molecule has 0 bridgehead atoms. The SMILES string of the molecule is CCOc1ccc(/C=C2\SC(=O)N(c3ccccc3OCC)C2=O)cc1OC. The third-order valence-electron chi connectivity index (χ3n) is 3.99. The van der Waals surface area contributed by atoms with Crippen molar-refractivity contribution >= 4 is 34.7 Å². The molecular weight excluding hydrogens is 378 g/mol. The summed E-state index contributed by atoms with van der Waals surface area (Å²) in [7, 11) is 1.56. The minimum atomic E-state index is -0.380. The average Bonchev–Trinajstić information content (AvgIpc) is 2.97. The van der Waals surface area contributed by atoms with E-state index in [9.17, 15) is 9.59 Å². The summed E-state index contributed by atoms with van der Waals surface area (Å²) in [5.74, 6) is 1.31. The quantitative estimate of drug-likeness (QED) is 0.627. The Bertz CT molecular complexity index is 925. The number of ether oxygens (including phenoxy) is 3. The van der Waals surface area contributed by atoms with Crippen LogP contribution in [0.15, 0.2) is 47.4 Å². The monoisotopic (exact) mass is 399 g/mol. The molecular formula is C21H21NO5S. The number of anilines is 1. The van der Waals surface area contributed by atoms with Crippen molar-refractivity contribution in [3.63, 3.8) is 0 Å². The largest absolute Gasteiger partial charge is 0.493 e. The van der Waals surface area contributed by atoms with Crippen molar-refractivity contribution in [2.24, 2.45) is 0 Å². The van der Waals surface area contributed by atoms with Gasteiger partial charge in [-0.1, -0.05) is 18.2 Å². The fourth-order valence-electron chi connectivity index (χ4n) is 2.79. The van der Waals surface area contributed by atoms with Gasteiger partial charge in [0.15, 0.2) is 11.5 Å². The molecule has 28 heavy (non-hydrogen) atoms. The summed E-state index contributed by atoms with van der Waals surface area (Å²) in [5, 5.41) is -0.360. The highest BCUT2D eigenvalue weighted by Gasteiger charge is 2.37. The zero-order valence-corrected chi connectivity index (χ0v) is 16.7. The van der Waals surface area contributed by atoms with Crippen LogP contribution in [0, 0.1) is 0 Å². The minimum Gasteiger partial charge on any atom is -0.493 e. The number of amides is 2. The second-order valence-corrected chi connectivity index (χ2v) is 6.75. The predicted molar refractivity (Wildman–Crippen MR) is 110 cm³/mol. The van der Waals surface area contributed by atoms with Crippen molar-refractivity contribution in [3.05, 3.63) is 52.9 Å². The van der Waals surface area contributed by atoms with E-state index in [2.05, 4.69) is 0 Å². The van der Waals surface area contributed by atoms with E-state index in [4.69, 9.17) is 14.2 Å². The highest BCUT2D eigenvalue weighted by Crippen LogP contribution is 2.40. The predicted octanol–water partition coefficient (Wildman–Crippen LogP) is 4.73. The number of methoxy groups -OCH3 is 1. The molecule has 6 nitrogen and oxygen atoms in total. The Kier molecular flexibility index (Phi) is 6.26. The van der Waals surface area contributed by atoms with Gasteiger partial charge in [0.25, 0.3) is 11.1 Å². The Balaban J connectivity index is 1.92.